The molecule has 114 valence electrons. The lowest BCUT2D eigenvalue weighted by molar-refractivity contribution is -0.139. The first kappa shape index (κ1) is 14.6. The Morgan fingerprint density at radius 1 is 1.41 bits per heavy atom. The van der Waals surface area contributed by atoms with Crippen molar-refractivity contribution in [3.05, 3.63) is 41.2 Å². The summed E-state index contributed by atoms with van der Waals surface area (Å²) in [6.45, 7) is 13.2. The van der Waals surface area contributed by atoms with Crippen LogP contribution in [-0.2, 0) is 15.0 Å². The van der Waals surface area contributed by atoms with E-state index in [1.54, 1.807) is 4.90 Å². The van der Waals surface area contributed by atoms with Crippen LogP contribution in [0.25, 0.3) is 4.85 Å². The van der Waals surface area contributed by atoms with Gasteiger partial charge in [-0.1, -0.05) is 39.0 Å². The molecule has 2 heterocycles. The van der Waals surface area contributed by atoms with Crippen molar-refractivity contribution in [2.24, 2.45) is 5.41 Å². The highest BCUT2D eigenvalue weighted by Crippen LogP contribution is 2.47. The second-order valence-corrected chi connectivity index (χ2v) is 7.08. The molecule has 1 fully saturated rings. The molecule has 2 aliphatic rings. The number of fused-ring (bicyclic) bond motifs is 2. The normalized spacial score (nSPS) is 26.7. The zero-order chi connectivity index (χ0) is 16.1. The smallest absolute Gasteiger partial charge is 0.302 e. The fraction of sp³-hybridized carbons (Fsp3) is 0.471. The highest BCUT2D eigenvalue weighted by Gasteiger charge is 2.59. The van der Waals surface area contributed by atoms with Crippen molar-refractivity contribution in [1.29, 1.82) is 0 Å². The maximum Gasteiger partial charge on any atom is 0.302 e. The highest BCUT2D eigenvalue weighted by molar-refractivity contribution is 6.07. The average molecular weight is 297 g/mol. The highest BCUT2D eigenvalue weighted by atomic mass is 16.2. The number of likely N-dealkylation sites (tertiary alicyclic amines) is 1. The third kappa shape index (κ3) is 1.91. The predicted octanol–water partition coefficient (Wildman–Crippen LogP) is 2.40. The molecule has 1 N–H and O–H groups in total. The van der Waals surface area contributed by atoms with Gasteiger partial charge in [0, 0.05) is 17.6 Å². The molecule has 0 unspecified atom stereocenters. The summed E-state index contributed by atoms with van der Waals surface area (Å²) in [5.41, 5.74) is 0.342. The van der Waals surface area contributed by atoms with Gasteiger partial charge in [-0.15, -0.1) is 0 Å². The molecule has 5 heteroatoms. The van der Waals surface area contributed by atoms with Crippen LogP contribution < -0.4 is 5.32 Å². The van der Waals surface area contributed by atoms with Crippen molar-refractivity contribution in [2.45, 2.75) is 38.8 Å². The summed E-state index contributed by atoms with van der Waals surface area (Å²) >= 11 is 0. The van der Waals surface area contributed by atoms with Crippen LogP contribution in [0.1, 0.15) is 32.8 Å². The number of hydrogen-bond acceptors (Lipinski definition) is 2. The van der Waals surface area contributed by atoms with Crippen LogP contribution in [0.2, 0.25) is 0 Å². The van der Waals surface area contributed by atoms with E-state index in [1.807, 2.05) is 45.0 Å². The second kappa shape index (κ2) is 4.57. The Bertz CT molecular complexity index is 699. The van der Waals surface area contributed by atoms with Crippen molar-refractivity contribution in [3.63, 3.8) is 0 Å². The number of para-hydroxylation sites is 1. The lowest BCUT2D eigenvalue weighted by Gasteiger charge is -2.26. The number of hydrogen-bond donors (Lipinski definition) is 1. The van der Waals surface area contributed by atoms with Gasteiger partial charge in [0.25, 0.3) is 0 Å². The van der Waals surface area contributed by atoms with Gasteiger partial charge in [0.2, 0.25) is 11.8 Å². The summed E-state index contributed by atoms with van der Waals surface area (Å²) in [6, 6.07) is 7.54. The molecule has 5 nitrogen and oxygen atoms in total. The van der Waals surface area contributed by atoms with Gasteiger partial charge in [0.05, 0.1) is 6.42 Å². The number of rotatable bonds is 0. The molecule has 1 saturated heterocycles. The minimum Gasteiger partial charge on any atom is -0.325 e. The maximum absolute atomic E-state index is 12.6. The summed E-state index contributed by atoms with van der Waals surface area (Å²) in [5.74, 6) is -0.186. The van der Waals surface area contributed by atoms with Crippen LogP contribution in [0, 0.1) is 12.0 Å². The van der Waals surface area contributed by atoms with Crippen LogP contribution in [-0.4, -0.2) is 29.4 Å². The Hall–Kier alpha value is -2.35. The van der Waals surface area contributed by atoms with E-state index >= 15 is 0 Å². The summed E-state index contributed by atoms with van der Waals surface area (Å²) in [6.07, 6.45) is -0.218. The average Bonchev–Trinajstić information content (AvgIpc) is 2.98. The lowest BCUT2D eigenvalue weighted by Crippen LogP contribution is -2.44. The van der Waals surface area contributed by atoms with Crippen LogP contribution >= 0.6 is 0 Å². The van der Waals surface area contributed by atoms with E-state index in [4.69, 9.17) is 6.57 Å². The minimum atomic E-state index is -0.785. The van der Waals surface area contributed by atoms with E-state index in [9.17, 15) is 9.59 Å². The minimum absolute atomic E-state index is 0.0810. The number of carbonyl (C=O) groups is 2. The Morgan fingerprint density at radius 2 is 2.09 bits per heavy atom. The Morgan fingerprint density at radius 3 is 2.73 bits per heavy atom. The largest absolute Gasteiger partial charge is 0.325 e. The van der Waals surface area contributed by atoms with Gasteiger partial charge in [-0.25, -0.2) is 6.57 Å². The van der Waals surface area contributed by atoms with E-state index < -0.39 is 17.0 Å². The van der Waals surface area contributed by atoms with Crippen LogP contribution in [0.15, 0.2) is 24.3 Å². The number of carbonyl (C=O) groups excluding carboxylic acids is 2. The third-order valence-electron chi connectivity index (χ3n) is 4.51. The fourth-order valence-electron chi connectivity index (χ4n) is 3.37. The van der Waals surface area contributed by atoms with E-state index in [0.717, 1.165) is 11.3 Å². The second-order valence-electron chi connectivity index (χ2n) is 7.08. The predicted molar refractivity (Wildman–Crippen MR) is 82.9 cm³/mol. The van der Waals surface area contributed by atoms with E-state index in [0.29, 0.717) is 6.42 Å². The molecular weight excluding hydrogens is 278 g/mol. The van der Waals surface area contributed by atoms with E-state index in [2.05, 4.69) is 10.2 Å². The first-order chi connectivity index (χ1) is 10.3. The molecule has 3 rings (SSSR count). The number of anilines is 1. The number of amides is 2. The summed E-state index contributed by atoms with van der Waals surface area (Å²) in [4.78, 5) is 30.4. The quantitative estimate of drug-likeness (QED) is 0.748. The van der Waals surface area contributed by atoms with Crippen LogP contribution in [0.4, 0.5) is 5.69 Å². The Labute approximate surface area is 130 Å². The van der Waals surface area contributed by atoms with E-state index in [1.165, 1.54) is 0 Å². The maximum atomic E-state index is 12.6. The van der Waals surface area contributed by atoms with Crippen molar-refractivity contribution in [1.82, 2.24) is 4.90 Å². The standard InChI is InChI=1S/C17H19N3O2/c1-16(2,3)15(22)20-10-17(9-13(20)18-4)11-7-5-6-8-12(11)19-14(17)21/h5-8,13H,9-10H2,1-3H3,(H,19,21)/t13-,17-/m0/s1. The summed E-state index contributed by atoms with van der Waals surface area (Å²) in [5, 5.41) is 2.89. The molecule has 2 atom stereocenters. The van der Waals surface area contributed by atoms with Gasteiger partial charge in [-0.05, 0) is 11.6 Å². The van der Waals surface area contributed by atoms with Crippen molar-refractivity contribution >= 4 is 17.5 Å². The van der Waals surface area contributed by atoms with Gasteiger partial charge in [0.1, 0.15) is 5.41 Å². The third-order valence-corrected chi connectivity index (χ3v) is 4.51. The van der Waals surface area contributed by atoms with Crippen LogP contribution in [0.3, 0.4) is 0 Å². The molecule has 1 spiro atoms. The zero-order valence-electron chi connectivity index (χ0n) is 13.0. The number of nitrogens with zero attached hydrogens (tertiary/aromatic N) is 2. The molecule has 0 aromatic heterocycles. The molecule has 2 aliphatic heterocycles. The van der Waals surface area contributed by atoms with Crippen molar-refractivity contribution in [2.75, 3.05) is 11.9 Å². The molecule has 0 radical (unpaired) electrons. The SMILES string of the molecule is [C-]#[N+][C@@H]1C[C@@]2(CN1C(=O)C(C)(C)C)C(=O)Nc1ccccc12. The summed E-state index contributed by atoms with van der Waals surface area (Å²) in [7, 11) is 0. The topological polar surface area (TPSA) is 53.8 Å². The van der Waals surface area contributed by atoms with Crippen molar-refractivity contribution < 1.29 is 9.59 Å². The first-order valence-corrected chi connectivity index (χ1v) is 7.38. The van der Waals surface area contributed by atoms with Gasteiger partial charge in [-0.2, -0.15) is 0 Å². The molecule has 0 bridgehead atoms. The lowest BCUT2D eigenvalue weighted by atomic mass is 9.80. The Kier molecular flexibility index (Phi) is 3.03. The molecular formula is C17H19N3O2. The van der Waals surface area contributed by atoms with Gasteiger partial charge >= 0.3 is 6.17 Å². The zero-order valence-corrected chi connectivity index (χ0v) is 13.0. The Balaban J connectivity index is 2.04. The first-order valence-electron chi connectivity index (χ1n) is 7.38. The van der Waals surface area contributed by atoms with Gasteiger partial charge in [0.15, 0.2) is 0 Å². The molecule has 1 aromatic carbocycles. The summed E-state index contributed by atoms with van der Waals surface area (Å²) < 4.78 is 0. The number of benzene rings is 1. The molecule has 22 heavy (non-hydrogen) atoms. The molecule has 2 amide bonds. The van der Waals surface area contributed by atoms with E-state index in [-0.39, 0.29) is 18.4 Å². The van der Waals surface area contributed by atoms with Crippen LogP contribution in [0.5, 0.6) is 0 Å². The van der Waals surface area contributed by atoms with Gasteiger partial charge in [-0.3, -0.25) is 19.3 Å². The van der Waals surface area contributed by atoms with Crippen molar-refractivity contribution in [3.8, 4) is 0 Å². The number of nitrogens with one attached hydrogen (secondary N) is 1. The molecule has 0 saturated carbocycles. The van der Waals surface area contributed by atoms with Gasteiger partial charge < -0.3 is 5.32 Å². The fourth-order valence-corrected chi connectivity index (χ4v) is 3.37. The molecule has 0 aliphatic carbocycles. The monoisotopic (exact) mass is 297 g/mol. The molecule has 1 aromatic rings.